The van der Waals surface area contributed by atoms with Crippen LogP contribution in [-0.2, 0) is 37.5 Å². The Labute approximate surface area is 84.7 Å². The van der Waals surface area contributed by atoms with Crippen LogP contribution >= 0.6 is 11.8 Å². The number of carbonyl (C=O) groups is 1. The Balaban J connectivity index is 0. The molecule has 0 aliphatic heterocycles. The maximum Gasteiger partial charge on any atom is 0.186 e. The molecule has 0 fully saturated rings. The zero-order valence-corrected chi connectivity index (χ0v) is 8.99. The van der Waals surface area contributed by atoms with Gasteiger partial charge >= 0.3 is 0 Å². The Morgan fingerprint density at radius 1 is 1.78 bits per heavy atom. The average molecular weight is 222 g/mol. The molecule has 0 rings (SSSR count). The van der Waals surface area contributed by atoms with Gasteiger partial charge in [0.1, 0.15) is 0 Å². The summed E-state index contributed by atoms with van der Waals surface area (Å²) in [6.07, 6.45) is 0.540. The Morgan fingerprint density at radius 2 is 2.33 bits per heavy atom. The van der Waals surface area contributed by atoms with Crippen molar-refractivity contribution in [3.8, 4) is 0 Å². The van der Waals surface area contributed by atoms with Crippen LogP contribution in [0.4, 0.5) is 0 Å². The molecule has 1 N–H and O–H groups in total. The molecule has 0 atom stereocenters. The number of aliphatic hydroxyl groups is 1. The quantitative estimate of drug-likeness (QED) is 0.728. The van der Waals surface area contributed by atoms with E-state index in [1.165, 1.54) is 0 Å². The first-order valence-electron chi connectivity index (χ1n) is 2.42. The largest absolute Gasteiger partial charge is 0.565 e. The number of hydrogen-bond donors (Lipinski definition) is 1. The summed E-state index contributed by atoms with van der Waals surface area (Å²) in [5, 5.41) is 8.23. The molecule has 0 aliphatic rings. The average Bonchev–Trinajstić information content (AvgIpc) is 1.83. The minimum absolute atomic E-state index is 0. The van der Waals surface area contributed by atoms with E-state index in [0.717, 1.165) is 18.4 Å². The molecule has 9 heavy (non-hydrogen) atoms. The number of hydrogen-bond acceptors (Lipinski definition) is 3. The van der Waals surface area contributed by atoms with Crippen LogP contribution in [0.5, 0.6) is 0 Å². The predicted molar refractivity (Wildman–Crippen MR) is 34.0 cm³/mol. The third-order valence-corrected chi connectivity index (χ3v) is 1.53. The van der Waals surface area contributed by atoms with Crippen molar-refractivity contribution in [1.29, 1.82) is 0 Å². The Morgan fingerprint density at radius 3 is 2.67 bits per heavy atom. The van der Waals surface area contributed by atoms with E-state index in [1.807, 2.05) is 0 Å². The van der Waals surface area contributed by atoms with Gasteiger partial charge in [0, 0.05) is 39.1 Å². The number of thioether (sulfide) groups is 1. The number of rotatable bonds is 3. The van der Waals surface area contributed by atoms with Crippen molar-refractivity contribution in [2.24, 2.45) is 0 Å². The van der Waals surface area contributed by atoms with Crippen LogP contribution in [0.15, 0.2) is 0 Å². The van der Waals surface area contributed by atoms with Crippen LogP contribution in [0.1, 0.15) is 13.3 Å². The third kappa shape index (κ3) is 9.08. The fourth-order valence-electron chi connectivity index (χ4n) is 0.232. The van der Waals surface area contributed by atoms with Gasteiger partial charge in [0.15, 0.2) is 5.12 Å². The van der Waals surface area contributed by atoms with Gasteiger partial charge < -0.3 is 5.11 Å². The second-order valence-electron chi connectivity index (χ2n) is 1.22. The molecule has 0 aromatic rings. The Bertz CT molecular complexity index is 77.4. The minimum Gasteiger partial charge on any atom is -0.565 e. The summed E-state index contributed by atoms with van der Waals surface area (Å²) in [5.41, 5.74) is 0. The van der Waals surface area contributed by atoms with Crippen molar-refractivity contribution >= 4 is 16.9 Å². The van der Waals surface area contributed by atoms with E-state index in [9.17, 15) is 4.79 Å². The molecular formula is C5H9O2SY-. The monoisotopic (exact) mass is 222 g/mol. The van der Waals surface area contributed by atoms with Crippen LogP contribution in [0.2, 0.25) is 0 Å². The third-order valence-electron chi connectivity index (χ3n) is 0.608. The van der Waals surface area contributed by atoms with Crippen LogP contribution in [0, 0.1) is 6.61 Å². The second kappa shape index (κ2) is 9.08. The fourth-order valence-corrected chi connectivity index (χ4v) is 0.697. The molecule has 0 spiro atoms. The van der Waals surface area contributed by atoms with Crippen LogP contribution in [0.25, 0.3) is 0 Å². The first-order chi connectivity index (χ1) is 3.81. The topological polar surface area (TPSA) is 37.3 Å². The SMILES string of the molecule is CCC(=O)SC[CH-]O.[Y]. The Hall–Kier alpha value is 1.08. The van der Waals surface area contributed by atoms with E-state index in [4.69, 9.17) is 5.11 Å². The summed E-state index contributed by atoms with van der Waals surface area (Å²) < 4.78 is 0. The van der Waals surface area contributed by atoms with Gasteiger partial charge in [-0.25, -0.2) is 6.61 Å². The van der Waals surface area contributed by atoms with Crippen molar-refractivity contribution < 1.29 is 42.6 Å². The minimum atomic E-state index is 0. The number of carbonyl (C=O) groups excluding carboxylic acids is 1. The smallest absolute Gasteiger partial charge is 0.186 e. The molecule has 0 saturated heterocycles. The van der Waals surface area contributed by atoms with E-state index in [0.29, 0.717) is 12.2 Å². The van der Waals surface area contributed by atoms with Crippen LogP contribution in [0.3, 0.4) is 0 Å². The maximum absolute atomic E-state index is 10.4. The Kier molecular flexibility index (Phi) is 12.9. The molecule has 51 valence electrons. The summed E-state index contributed by atoms with van der Waals surface area (Å²) >= 11 is 1.13. The zero-order valence-electron chi connectivity index (χ0n) is 5.33. The molecule has 0 heterocycles. The summed E-state index contributed by atoms with van der Waals surface area (Å²) in [6, 6.07) is 0. The zero-order chi connectivity index (χ0) is 6.41. The van der Waals surface area contributed by atoms with Gasteiger partial charge in [0.2, 0.25) is 0 Å². The second-order valence-corrected chi connectivity index (χ2v) is 2.30. The van der Waals surface area contributed by atoms with Gasteiger partial charge in [-0.05, 0) is 0 Å². The van der Waals surface area contributed by atoms with Crippen molar-refractivity contribution in [2.75, 3.05) is 5.75 Å². The van der Waals surface area contributed by atoms with Gasteiger partial charge in [-0.2, -0.15) is 0 Å². The van der Waals surface area contributed by atoms with E-state index < -0.39 is 0 Å². The van der Waals surface area contributed by atoms with Gasteiger partial charge in [-0.1, -0.05) is 6.92 Å². The summed E-state index contributed by atoms with van der Waals surface area (Å²) in [5.74, 6) is 0.409. The molecule has 0 saturated carbocycles. The van der Waals surface area contributed by atoms with Gasteiger partial charge in [-0.3, -0.25) is 4.79 Å². The van der Waals surface area contributed by atoms with Gasteiger partial charge in [0.25, 0.3) is 0 Å². The first-order valence-corrected chi connectivity index (χ1v) is 3.41. The normalized spacial score (nSPS) is 8.22. The first kappa shape index (κ1) is 12.7. The van der Waals surface area contributed by atoms with Crippen molar-refractivity contribution in [3.63, 3.8) is 0 Å². The molecular weight excluding hydrogens is 213 g/mol. The van der Waals surface area contributed by atoms with E-state index in [-0.39, 0.29) is 37.8 Å². The van der Waals surface area contributed by atoms with Gasteiger partial charge in [0.05, 0.1) is 0 Å². The van der Waals surface area contributed by atoms with Crippen LogP contribution in [-0.4, -0.2) is 16.0 Å². The molecule has 0 aliphatic carbocycles. The van der Waals surface area contributed by atoms with E-state index in [1.54, 1.807) is 6.92 Å². The summed E-state index contributed by atoms with van der Waals surface area (Å²) in [6.45, 7) is 2.78. The summed E-state index contributed by atoms with van der Waals surface area (Å²) in [4.78, 5) is 10.4. The molecule has 0 aromatic carbocycles. The molecule has 0 bridgehead atoms. The molecule has 1 radical (unpaired) electrons. The van der Waals surface area contributed by atoms with Crippen molar-refractivity contribution in [1.82, 2.24) is 0 Å². The molecule has 2 nitrogen and oxygen atoms in total. The fraction of sp³-hybridized carbons (Fsp3) is 0.600. The molecule has 0 amide bonds. The van der Waals surface area contributed by atoms with Crippen LogP contribution < -0.4 is 0 Å². The van der Waals surface area contributed by atoms with E-state index in [2.05, 4.69) is 0 Å². The number of aliphatic hydroxyl groups excluding tert-OH is 1. The van der Waals surface area contributed by atoms with Crippen molar-refractivity contribution in [2.45, 2.75) is 13.3 Å². The maximum atomic E-state index is 10.4. The van der Waals surface area contributed by atoms with Crippen molar-refractivity contribution in [3.05, 3.63) is 6.61 Å². The summed E-state index contributed by atoms with van der Waals surface area (Å²) in [7, 11) is 0. The van der Waals surface area contributed by atoms with E-state index >= 15 is 0 Å². The molecule has 4 heteroatoms. The molecule has 0 aromatic heterocycles. The standard InChI is InChI=1S/C5H9O2S.Y/c1-2-5(7)8-4-3-6;/h3,6H,2,4H2,1H3;/q-1;. The van der Waals surface area contributed by atoms with Gasteiger partial charge in [-0.15, -0.1) is 17.5 Å². The predicted octanol–water partition coefficient (Wildman–Crippen LogP) is 1.19. The molecule has 0 unspecified atom stereocenters.